The maximum Gasteiger partial charge on any atom is 0.265 e. The zero-order valence-electron chi connectivity index (χ0n) is 25.7. The van der Waals surface area contributed by atoms with Crippen LogP contribution >= 0.6 is 22.7 Å². The largest absolute Gasteiger partial charge is 0.388 e. The molecule has 11 nitrogen and oxygen atoms in total. The van der Waals surface area contributed by atoms with E-state index >= 15 is 0 Å². The first-order valence-electron chi connectivity index (χ1n) is 15.4. The highest BCUT2D eigenvalue weighted by Crippen LogP contribution is 2.37. The Bertz CT molecular complexity index is 1950. The van der Waals surface area contributed by atoms with Gasteiger partial charge in [-0.3, -0.25) is 23.6 Å². The summed E-state index contributed by atoms with van der Waals surface area (Å²) in [7, 11) is 1.85. The first-order chi connectivity index (χ1) is 22.2. The number of hydrogen-bond acceptors (Lipinski definition) is 9. The van der Waals surface area contributed by atoms with E-state index in [4.69, 9.17) is 0 Å². The van der Waals surface area contributed by atoms with Crippen molar-refractivity contribution in [1.29, 1.82) is 0 Å². The molecular weight excluding hydrogens is 623 g/mol. The quantitative estimate of drug-likeness (QED) is 0.293. The Morgan fingerprint density at radius 2 is 1.85 bits per heavy atom. The van der Waals surface area contributed by atoms with Crippen molar-refractivity contribution in [3.05, 3.63) is 86.9 Å². The van der Waals surface area contributed by atoms with Crippen LogP contribution in [0, 0.1) is 12.8 Å². The lowest BCUT2D eigenvalue weighted by molar-refractivity contribution is -0.142. The summed E-state index contributed by atoms with van der Waals surface area (Å²) in [6.45, 7) is 3.69. The second-order valence-corrected chi connectivity index (χ2v) is 14.2. The summed E-state index contributed by atoms with van der Waals surface area (Å²) in [5.41, 5.74) is 1.31. The van der Waals surface area contributed by atoms with Gasteiger partial charge in [-0.1, -0.05) is 30.3 Å². The van der Waals surface area contributed by atoms with Crippen molar-refractivity contribution in [2.45, 2.75) is 44.2 Å². The van der Waals surface area contributed by atoms with E-state index < -0.39 is 5.60 Å². The molecule has 7 rings (SSSR count). The van der Waals surface area contributed by atoms with Crippen molar-refractivity contribution in [3.8, 4) is 10.7 Å². The van der Waals surface area contributed by atoms with Gasteiger partial charge >= 0.3 is 0 Å². The summed E-state index contributed by atoms with van der Waals surface area (Å²) in [4.78, 5) is 54.9. The van der Waals surface area contributed by atoms with Crippen LogP contribution in [0.3, 0.4) is 0 Å². The van der Waals surface area contributed by atoms with Crippen LogP contribution in [0.25, 0.3) is 20.9 Å². The molecule has 2 atom stereocenters. The van der Waals surface area contributed by atoms with Crippen molar-refractivity contribution >= 4 is 44.7 Å². The summed E-state index contributed by atoms with van der Waals surface area (Å²) in [5, 5.41) is 18.8. The average molecular weight is 658 g/mol. The van der Waals surface area contributed by atoms with Gasteiger partial charge in [0, 0.05) is 51.3 Å². The molecule has 2 aliphatic heterocycles. The minimum absolute atomic E-state index is 0.0500. The molecule has 2 aliphatic rings. The molecule has 0 spiro atoms. The zero-order chi connectivity index (χ0) is 32.0. The van der Waals surface area contributed by atoms with Gasteiger partial charge < -0.3 is 14.9 Å². The number of nitrogens with zero attached hydrogens (tertiary/aromatic N) is 7. The Balaban J connectivity index is 1.06. The number of aromatic nitrogens is 5. The molecule has 238 valence electrons. The van der Waals surface area contributed by atoms with Gasteiger partial charge in [-0.15, -0.1) is 22.7 Å². The predicted molar refractivity (Wildman–Crippen MR) is 177 cm³/mol. The number of hydrogen-bond donors (Lipinski definition) is 1. The first kappa shape index (κ1) is 30.5. The SMILES string of the molecule is Cc1nc(-c2ccnn2C)sc1C(=O)N1CC[C@@H](C(=O)N2CCC(O)(Cn3cnc4sccc4c3=O)CC2)[C@H](c2ccccc2)C1. The van der Waals surface area contributed by atoms with Crippen LogP contribution in [0.15, 0.2) is 65.2 Å². The number of benzene rings is 1. The van der Waals surface area contributed by atoms with Crippen molar-refractivity contribution in [2.75, 3.05) is 26.2 Å². The number of fused-ring (bicyclic) bond motifs is 1. The van der Waals surface area contributed by atoms with Gasteiger partial charge in [0.25, 0.3) is 11.5 Å². The predicted octanol–water partition coefficient (Wildman–Crippen LogP) is 3.92. The molecule has 2 saturated heterocycles. The number of amides is 2. The number of thiophene rings is 1. The molecule has 0 saturated carbocycles. The molecule has 0 bridgehead atoms. The number of thiazole rings is 1. The van der Waals surface area contributed by atoms with E-state index in [2.05, 4.69) is 15.1 Å². The smallest absolute Gasteiger partial charge is 0.265 e. The van der Waals surface area contributed by atoms with Crippen molar-refractivity contribution in [1.82, 2.24) is 34.1 Å². The normalized spacial score (nSPS) is 19.9. The van der Waals surface area contributed by atoms with Crippen LogP contribution in [0.1, 0.15) is 46.1 Å². The third kappa shape index (κ3) is 5.67. The maximum absolute atomic E-state index is 14.1. The third-order valence-electron chi connectivity index (χ3n) is 9.40. The number of carbonyl (C=O) groups is 2. The van der Waals surface area contributed by atoms with E-state index in [1.54, 1.807) is 16.9 Å². The lowest BCUT2D eigenvalue weighted by atomic mass is 9.79. The van der Waals surface area contributed by atoms with Crippen LogP contribution in [0.2, 0.25) is 0 Å². The fourth-order valence-corrected chi connectivity index (χ4v) is 8.57. The van der Waals surface area contributed by atoms with Gasteiger partial charge in [-0.25, -0.2) is 9.97 Å². The number of rotatable bonds is 6. The van der Waals surface area contributed by atoms with Crippen LogP contribution in [0.4, 0.5) is 0 Å². The van der Waals surface area contributed by atoms with Crippen LogP contribution in [0.5, 0.6) is 0 Å². The fourth-order valence-electron chi connectivity index (χ4n) is 6.76. The van der Waals surface area contributed by atoms with Crippen molar-refractivity contribution in [3.63, 3.8) is 0 Å². The van der Waals surface area contributed by atoms with Gasteiger partial charge in [0.15, 0.2) is 0 Å². The highest BCUT2D eigenvalue weighted by atomic mass is 32.1. The summed E-state index contributed by atoms with van der Waals surface area (Å²) < 4.78 is 3.23. The molecule has 1 N–H and O–H groups in total. The van der Waals surface area contributed by atoms with E-state index in [9.17, 15) is 19.5 Å². The number of piperidine rings is 2. The molecule has 5 aromatic rings. The monoisotopic (exact) mass is 657 g/mol. The van der Waals surface area contributed by atoms with Gasteiger partial charge in [0.1, 0.15) is 14.7 Å². The standard InChI is InChI=1S/C33H35N7O4S2/c1-21-27(46-29(36-21)26-8-13-35-37(26)2)32(43)39-14-9-23(25(18-39)22-6-4-3-5-7-22)30(41)38-15-11-33(44,12-16-38)19-40-20-34-28-24(31(40)42)10-17-45-28/h3-8,10,13,17,20,23,25,44H,9,11-12,14-16,18-19H2,1-2H3/t23-,25+/m1/s1. The Morgan fingerprint density at radius 1 is 1.07 bits per heavy atom. The van der Waals surface area contributed by atoms with Gasteiger partial charge in [0.2, 0.25) is 5.91 Å². The van der Waals surface area contributed by atoms with E-state index in [-0.39, 0.29) is 35.8 Å². The van der Waals surface area contributed by atoms with Crippen LogP contribution in [-0.4, -0.2) is 82.8 Å². The van der Waals surface area contributed by atoms with Gasteiger partial charge in [-0.05, 0) is 49.3 Å². The average Bonchev–Trinajstić information content (AvgIpc) is 3.82. The summed E-state index contributed by atoms with van der Waals surface area (Å²) >= 11 is 2.79. The Hall–Kier alpha value is -4.20. The van der Waals surface area contributed by atoms with E-state index in [1.165, 1.54) is 33.6 Å². The zero-order valence-corrected chi connectivity index (χ0v) is 27.3. The summed E-state index contributed by atoms with van der Waals surface area (Å²) in [5.74, 6) is -0.477. The van der Waals surface area contributed by atoms with E-state index in [0.29, 0.717) is 66.2 Å². The molecule has 1 aromatic carbocycles. The van der Waals surface area contributed by atoms with Crippen LogP contribution in [-0.2, 0) is 18.4 Å². The second kappa shape index (κ2) is 12.2. The first-order valence-corrected chi connectivity index (χ1v) is 17.1. The molecule has 4 aromatic heterocycles. The molecule has 2 fully saturated rings. The minimum atomic E-state index is -1.11. The van der Waals surface area contributed by atoms with Crippen molar-refractivity contribution in [2.24, 2.45) is 13.0 Å². The Kier molecular flexibility index (Phi) is 8.07. The molecule has 13 heteroatoms. The Morgan fingerprint density at radius 3 is 2.59 bits per heavy atom. The number of aryl methyl sites for hydroxylation is 2. The molecule has 2 amide bonds. The molecular formula is C33H35N7O4S2. The van der Waals surface area contributed by atoms with E-state index in [0.717, 1.165) is 16.3 Å². The highest BCUT2D eigenvalue weighted by Gasteiger charge is 2.42. The molecule has 46 heavy (non-hydrogen) atoms. The minimum Gasteiger partial charge on any atom is -0.388 e. The molecule has 0 aliphatic carbocycles. The maximum atomic E-state index is 14.1. The van der Waals surface area contributed by atoms with Crippen molar-refractivity contribution < 1.29 is 14.7 Å². The number of aliphatic hydroxyl groups is 1. The Labute approximate surface area is 273 Å². The second-order valence-electron chi connectivity index (χ2n) is 12.3. The summed E-state index contributed by atoms with van der Waals surface area (Å²) in [6.07, 6.45) is 4.49. The lowest BCUT2D eigenvalue weighted by Gasteiger charge is -2.43. The number of carbonyl (C=O) groups excluding carboxylic acids is 2. The fraction of sp³-hybridized carbons (Fsp3) is 0.394. The van der Waals surface area contributed by atoms with E-state index in [1.807, 2.05) is 65.5 Å². The van der Waals surface area contributed by atoms with Gasteiger partial charge in [-0.2, -0.15) is 5.10 Å². The number of likely N-dealkylation sites (tertiary alicyclic amines) is 2. The lowest BCUT2D eigenvalue weighted by Crippen LogP contribution is -2.53. The highest BCUT2D eigenvalue weighted by molar-refractivity contribution is 7.17. The van der Waals surface area contributed by atoms with Gasteiger partial charge in [0.05, 0.1) is 35.2 Å². The molecule has 0 radical (unpaired) electrons. The molecule has 6 heterocycles. The summed E-state index contributed by atoms with van der Waals surface area (Å²) in [6, 6.07) is 13.6. The third-order valence-corrected chi connectivity index (χ3v) is 11.4. The molecule has 0 unspecified atom stereocenters. The topological polar surface area (TPSA) is 126 Å². The van der Waals surface area contributed by atoms with Crippen LogP contribution < -0.4 is 5.56 Å².